The standard InChI is InChI=1S/C21H19F4N3O7S/c1-35-19(32)20(8-9-26-16(20)18(30)31)27-17(29)12-4-2-3-5-15(12)36(33,34)28-11-6-7-14(22)13(10-11)21(23,24)25/h2-7,10,16,26,28H,8-9H2,1H3,(H,27,29)(H,30,31)/t16-,20?/m1/s1. The van der Waals surface area contributed by atoms with Crippen LogP contribution in [0.3, 0.4) is 0 Å². The van der Waals surface area contributed by atoms with Gasteiger partial charge in [0.15, 0.2) is 5.54 Å². The lowest BCUT2D eigenvalue weighted by Crippen LogP contribution is -2.64. The van der Waals surface area contributed by atoms with Crippen molar-refractivity contribution < 1.29 is 50.2 Å². The molecule has 4 N–H and O–H groups in total. The molecule has 2 aromatic carbocycles. The van der Waals surface area contributed by atoms with E-state index in [1.54, 1.807) is 0 Å². The van der Waals surface area contributed by atoms with Gasteiger partial charge >= 0.3 is 18.1 Å². The summed E-state index contributed by atoms with van der Waals surface area (Å²) in [6, 6.07) is 4.39. The van der Waals surface area contributed by atoms with Crippen molar-refractivity contribution in [3.8, 4) is 0 Å². The molecule has 1 saturated heterocycles. The molecule has 0 radical (unpaired) electrons. The van der Waals surface area contributed by atoms with E-state index in [1.165, 1.54) is 12.1 Å². The highest BCUT2D eigenvalue weighted by Crippen LogP contribution is 2.34. The van der Waals surface area contributed by atoms with Gasteiger partial charge in [0.1, 0.15) is 16.8 Å². The van der Waals surface area contributed by atoms with Gasteiger partial charge in [-0.05, 0) is 43.3 Å². The molecule has 0 spiro atoms. The number of amides is 1. The number of carbonyl (C=O) groups is 3. The number of methoxy groups -OCH3 is 1. The normalized spacial score (nSPS) is 20.0. The Morgan fingerprint density at radius 1 is 1.17 bits per heavy atom. The van der Waals surface area contributed by atoms with E-state index in [0.717, 1.165) is 25.3 Å². The van der Waals surface area contributed by atoms with E-state index in [4.69, 9.17) is 0 Å². The number of esters is 1. The first-order valence-corrected chi connectivity index (χ1v) is 11.6. The zero-order valence-electron chi connectivity index (χ0n) is 18.3. The van der Waals surface area contributed by atoms with E-state index in [-0.39, 0.29) is 19.0 Å². The summed E-state index contributed by atoms with van der Waals surface area (Å²) in [4.78, 5) is 36.6. The van der Waals surface area contributed by atoms with E-state index in [2.05, 4.69) is 15.4 Å². The first-order chi connectivity index (χ1) is 16.7. The van der Waals surface area contributed by atoms with Crippen LogP contribution in [-0.2, 0) is 30.5 Å². The topological polar surface area (TPSA) is 151 Å². The Hall–Kier alpha value is -3.72. The average Bonchev–Trinajstić information content (AvgIpc) is 3.23. The molecule has 1 heterocycles. The Balaban J connectivity index is 1.99. The smallest absolute Gasteiger partial charge is 0.419 e. The summed E-state index contributed by atoms with van der Waals surface area (Å²) < 4.78 is 85.1. The quantitative estimate of drug-likeness (QED) is 0.310. The maximum Gasteiger partial charge on any atom is 0.419 e. The highest BCUT2D eigenvalue weighted by atomic mass is 32.2. The summed E-state index contributed by atoms with van der Waals surface area (Å²) in [5.74, 6) is -5.34. The molecule has 0 aliphatic carbocycles. The third-order valence-corrected chi connectivity index (χ3v) is 6.88. The number of aliphatic carboxylic acids is 1. The maximum atomic E-state index is 13.6. The van der Waals surface area contributed by atoms with Crippen LogP contribution in [0.1, 0.15) is 22.3 Å². The number of anilines is 1. The van der Waals surface area contributed by atoms with Gasteiger partial charge in [-0.3, -0.25) is 14.3 Å². The summed E-state index contributed by atoms with van der Waals surface area (Å²) in [6.45, 7) is 0.0138. The van der Waals surface area contributed by atoms with Crippen molar-refractivity contribution in [3.05, 3.63) is 59.4 Å². The van der Waals surface area contributed by atoms with Gasteiger partial charge in [-0.15, -0.1) is 0 Å². The second-order valence-electron chi connectivity index (χ2n) is 7.69. The summed E-state index contributed by atoms with van der Waals surface area (Å²) in [6.07, 6.45) is -5.28. The monoisotopic (exact) mass is 533 g/mol. The molecule has 1 fully saturated rings. The number of benzene rings is 2. The lowest BCUT2D eigenvalue weighted by molar-refractivity contribution is -0.154. The van der Waals surface area contributed by atoms with Crippen LogP contribution in [0.4, 0.5) is 23.2 Å². The van der Waals surface area contributed by atoms with Gasteiger partial charge in [0.2, 0.25) is 0 Å². The summed E-state index contributed by atoms with van der Waals surface area (Å²) in [7, 11) is -3.74. The molecule has 15 heteroatoms. The van der Waals surface area contributed by atoms with Crippen LogP contribution >= 0.6 is 0 Å². The zero-order valence-corrected chi connectivity index (χ0v) is 19.2. The predicted molar refractivity (Wildman–Crippen MR) is 115 cm³/mol. The Morgan fingerprint density at radius 2 is 1.83 bits per heavy atom. The van der Waals surface area contributed by atoms with Gasteiger partial charge < -0.3 is 20.5 Å². The van der Waals surface area contributed by atoms with Gasteiger partial charge in [-0.1, -0.05) is 12.1 Å². The predicted octanol–water partition coefficient (Wildman–Crippen LogP) is 1.73. The van der Waals surface area contributed by atoms with E-state index in [1.807, 2.05) is 4.72 Å². The number of carboxylic acid groups (broad SMARTS) is 1. The molecule has 1 aliphatic heterocycles. The third kappa shape index (κ3) is 5.11. The summed E-state index contributed by atoms with van der Waals surface area (Å²) in [5.41, 5.74) is -4.94. The average molecular weight is 533 g/mol. The molecule has 10 nitrogen and oxygen atoms in total. The van der Waals surface area contributed by atoms with E-state index in [0.29, 0.717) is 6.07 Å². The molecule has 36 heavy (non-hydrogen) atoms. The third-order valence-electron chi connectivity index (χ3n) is 5.44. The van der Waals surface area contributed by atoms with Crippen LogP contribution in [0.15, 0.2) is 47.4 Å². The lowest BCUT2D eigenvalue weighted by atomic mass is 9.89. The summed E-state index contributed by atoms with van der Waals surface area (Å²) in [5, 5.41) is 14.3. The fourth-order valence-corrected chi connectivity index (χ4v) is 5.05. The zero-order chi connectivity index (χ0) is 26.9. The second kappa shape index (κ2) is 9.73. The van der Waals surface area contributed by atoms with Gasteiger partial charge in [0.05, 0.1) is 18.2 Å². The van der Waals surface area contributed by atoms with E-state index < -0.39 is 73.2 Å². The fourth-order valence-electron chi connectivity index (χ4n) is 3.79. The minimum atomic E-state index is -5.10. The number of nitrogens with one attached hydrogen (secondary N) is 3. The highest BCUT2D eigenvalue weighted by molar-refractivity contribution is 7.92. The number of hydrogen-bond donors (Lipinski definition) is 4. The molecule has 1 unspecified atom stereocenters. The Kier molecular flexibility index (Phi) is 7.27. The number of sulfonamides is 1. The molecule has 2 atom stereocenters. The van der Waals surface area contributed by atoms with Gasteiger partial charge in [0, 0.05) is 5.69 Å². The van der Waals surface area contributed by atoms with Crippen LogP contribution in [0, 0.1) is 5.82 Å². The van der Waals surface area contributed by atoms with Crippen molar-refractivity contribution in [2.75, 3.05) is 18.4 Å². The van der Waals surface area contributed by atoms with Crippen LogP contribution in [0.2, 0.25) is 0 Å². The first-order valence-electron chi connectivity index (χ1n) is 10.1. The first kappa shape index (κ1) is 26.9. The minimum absolute atomic E-state index is 0.0138. The fraction of sp³-hybridized carbons (Fsp3) is 0.286. The number of alkyl halides is 3. The number of ether oxygens (including phenoxy) is 1. The number of halogens is 4. The van der Waals surface area contributed by atoms with Crippen molar-refractivity contribution in [1.29, 1.82) is 0 Å². The number of hydrogen-bond acceptors (Lipinski definition) is 7. The van der Waals surface area contributed by atoms with Crippen LogP contribution in [-0.4, -0.2) is 56.6 Å². The Morgan fingerprint density at radius 3 is 2.44 bits per heavy atom. The second-order valence-corrected chi connectivity index (χ2v) is 9.34. The van der Waals surface area contributed by atoms with Crippen molar-refractivity contribution in [1.82, 2.24) is 10.6 Å². The van der Waals surface area contributed by atoms with Crippen LogP contribution in [0.25, 0.3) is 0 Å². The van der Waals surface area contributed by atoms with Gasteiger partial charge in [0.25, 0.3) is 15.9 Å². The largest absolute Gasteiger partial charge is 0.480 e. The minimum Gasteiger partial charge on any atom is -0.480 e. The van der Waals surface area contributed by atoms with Gasteiger partial charge in [-0.2, -0.15) is 13.2 Å². The maximum absolute atomic E-state index is 13.6. The summed E-state index contributed by atoms with van der Waals surface area (Å²) >= 11 is 0. The van der Waals surface area contributed by atoms with Crippen LogP contribution in [0.5, 0.6) is 0 Å². The van der Waals surface area contributed by atoms with Crippen molar-refractivity contribution >= 4 is 33.6 Å². The number of rotatable bonds is 7. The molecule has 1 aliphatic rings. The molecule has 0 bridgehead atoms. The molecule has 0 aromatic heterocycles. The van der Waals surface area contributed by atoms with Crippen molar-refractivity contribution in [3.63, 3.8) is 0 Å². The Bertz CT molecular complexity index is 1320. The van der Waals surface area contributed by atoms with E-state index in [9.17, 15) is 45.5 Å². The van der Waals surface area contributed by atoms with Gasteiger partial charge in [-0.25, -0.2) is 17.6 Å². The molecular weight excluding hydrogens is 514 g/mol. The highest BCUT2D eigenvalue weighted by Gasteiger charge is 2.55. The SMILES string of the molecule is COC(=O)C1(NC(=O)c2ccccc2S(=O)(=O)Nc2ccc(F)c(C(F)(F)F)c2)CCN[C@@H]1C(=O)O. The van der Waals surface area contributed by atoms with Crippen molar-refractivity contribution in [2.45, 2.75) is 29.1 Å². The molecule has 194 valence electrons. The molecule has 2 aromatic rings. The number of carboxylic acids is 1. The molecule has 0 saturated carbocycles. The lowest BCUT2D eigenvalue weighted by Gasteiger charge is -2.31. The van der Waals surface area contributed by atoms with E-state index >= 15 is 0 Å². The molecule has 3 rings (SSSR count). The molecular formula is C21H19F4N3O7S. The number of carbonyl (C=O) groups excluding carboxylic acids is 2. The van der Waals surface area contributed by atoms with Crippen LogP contribution < -0.4 is 15.4 Å². The molecule has 1 amide bonds. The van der Waals surface area contributed by atoms with Crippen molar-refractivity contribution in [2.24, 2.45) is 0 Å². The Labute approximate surface area is 201 Å².